The van der Waals surface area contributed by atoms with Gasteiger partial charge >= 0.3 is 0 Å². The average molecular weight is 302 g/mol. The summed E-state index contributed by atoms with van der Waals surface area (Å²) in [6, 6.07) is 12.7. The van der Waals surface area contributed by atoms with Crippen molar-refractivity contribution >= 4 is 11.3 Å². The third-order valence-corrected chi connectivity index (χ3v) is 4.20. The van der Waals surface area contributed by atoms with Gasteiger partial charge in [0, 0.05) is 34.5 Å². The first-order valence-corrected chi connectivity index (χ1v) is 7.50. The van der Waals surface area contributed by atoms with E-state index >= 15 is 0 Å². The van der Waals surface area contributed by atoms with E-state index in [0.29, 0.717) is 12.1 Å². The standard InChI is InChI=1S/C16H15FN2OS/c1-11-8-12(19-20-11)9-18-10-13-6-7-16(21-13)14-4-2-3-5-15(14)17/h2-8,18H,9-10H2,1H3. The van der Waals surface area contributed by atoms with Crippen molar-refractivity contribution in [3.05, 3.63) is 64.6 Å². The Hall–Kier alpha value is -1.98. The number of aromatic nitrogens is 1. The normalized spacial score (nSPS) is 11.0. The zero-order chi connectivity index (χ0) is 14.7. The van der Waals surface area contributed by atoms with Crippen LogP contribution in [0.25, 0.3) is 10.4 Å². The van der Waals surface area contributed by atoms with E-state index < -0.39 is 0 Å². The Morgan fingerprint density at radius 2 is 2.05 bits per heavy atom. The lowest BCUT2D eigenvalue weighted by Crippen LogP contribution is -2.11. The molecule has 0 saturated heterocycles. The predicted octanol–water partition coefficient (Wildman–Crippen LogP) is 4.14. The average Bonchev–Trinajstić information content (AvgIpc) is 3.09. The summed E-state index contributed by atoms with van der Waals surface area (Å²) in [6.07, 6.45) is 0. The molecule has 2 aromatic heterocycles. The lowest BCUT2D eigenvalue weighted by molar-refractivity contribution is 0.388. The Kier molecular flexibility index (Phi) is 4.13. The Morgan fingerprint density at radius 3 is 2.81 bits per heavy atom. The molecule has 21 heavy (non-hydrogen) atoms. The molecule has 108 valence electrons. The molecule has 1 aromatic carbocycles. The minimum absolute atomic E-state index is 0.183. The van der Waals surface area contributed by atoms with E-state index in [9.17, 15) is 4.39 Å². The number of thiophene rings is 1. The van der Waals surface area contributed by atoms with Gasteiger partial charge in [-0.25, -0.2) is 4.39 Å². The lowest BCUT2D eigenvalue weighted by atomic mass is 10.2. The molecular weight excluding hydrogens is 287 g/mol. The largest absolute Gasteiger partial charge is 0.361 e. The van der Waals surface area contributed by atoms with Crippen LogP contribution in [0.3, 0.4) is 0 Å². The molecule has 0 amide bonds. The van der Waals surface area contributed by atoms with Crippen LogP contribution in [0.5, 0.6) is 0 Å². The molecule has 1 N–H and O–H groups in total. The molecule has 0 fully saturated rings. The highest BCUT2D eigenvalue weighted by atomic mass is 32.1. The number of hydrogen-bond donors (Lipinski definition) is 1. The van der Waals surface area contributed by atoms with E-state index in [2.05, 4.69) is 10.5 Å². The van der Waals surface area contributed by atoms with E-state index in [1.165, 1.54) is 6.07 Å². The number of nitrogens with zero attached hydrogens (tertiary/aromatic N) is 1. The van der Waals surface area contributed by atoms with Crippen LogP contribution >= 0.6 is 11.3 Å². The van der Waals surface area contributed by atoms with Crippen LogP contribution in [-0.2, 0) is 13.1 Å². The fourth-order valence-electron chi connectivity index (χ4n) is 2.09. The van der Waals surface area contributed by atoms with Gasteiger partial charge in [0.15, 0.2) is 0 Å². The van der Waals surface area contributed by atoms with Gasteiger partial charge < -0.3 is 9.84 Å². The molecule has 0 unspecified atom stereocenters. The molecule has 0 saturated carbocycles. The van der Waals surface area contributed by atoms with Gasteiger partial charge in [0.05, 0.1) is 5.69 Å². The Labute approximate surface area is 126 Å². The van der Waals surface area contributed by atoms with Crippen LogP contribution in [0.15, 0.2) is 47.0 Å². The van der Waals surface area contributed by atoms with E-state index in [0.717, 1.165) is 27.8 Å². The fraction of sp³-hybridized carbons (Fsp3) is 0.188. The van der Waals surface area contributed by atoms with E-state index in [-0.39, 0.29) is 5.82 Å². The van der Waals surface area contributed by atoms with Crippen molar-refractivity contribution in [2.45, 2.75) is 20.0 Å². The second-order valence-corrected chi connectivity index (χ2v) is 5.95. The summed E-state index contributed by atoms with van der Waals surface area (Å²) in [5.74, 6) is 0.627. The maximum absolute atomic E-state index is 13.7. The van der Waals surface area contributed by atoms with Crippen molar-refractivity contribution in [3.63, 3.8) is 0 Å². The van der Waals surface area contributed by atoms with Crippen LogP contribution in [0.1, 0.15) is 16.3 Å². The predicted molar refractivity (Wildman–Crippen MR) is 81.5 cm³/mol. The van der Waals surface area contributed by atoms with Crippen LogP contribution in [0, 0.1) is 12.7 Å². The van der Waals surface area contributed by atoms with Gasteiger partial charge in [-0.2, -0.15) is 0 Å². The molecule has 3 nitrogen and oxygen atoms in total. The molecule has 0 aliphatic heterocycles. The second kappa shape index (κ2) is 6.20. The van der Waals surface area contributed by atoms with Gasteiger partial charge in [0.1, 0.15) is 11.6 Å². The number of aryl methyl sites for hydroxylation is 1. The minimum atomic E-state index is -0.183. The van der Waals surface area contributed by atoms with Crippen LogP contribution in [-0.4, -0.2) is 5.16 Å². The van der Waals surface area contributed by atoms with E-state index in [4.69, 9.17) is 4.52 Å². The number of nitrogens with one attached hydrogen (secondary N) is 1. The van der Waals surface area contributed by atoms with Gasteiger partial charge in [0.2, 0.25) is 0 Å². The third-order valence-electron chi connectivity index (χ3n) is 3.08. The molecule has 0 atom stereocenters. The van der Waals surface area contributed by atoms with Crippen molar-refractivity contribution in [2.24, 2.45) is 0 Å². The van der Waals surface area contributed by atoms with Gasteiger partial charge in [0.25, 0.3) is 0 Å². The first-order valence-electron chi connectivity index (χ1n) is 6.69. The minimum Gasteiger partial charge on any atom is -0.361 e. The molecule has 3 aromatic rings. The summed E-state index contributed by atoms with van der Waals surface area (Å²) >= 11 is 1.59. The van der Waals surface area contributed by atoms with Crippen LogP contribution in [0.4, 0.5) is 4.39 Å². The van der Waals surface area contributed by atoms with Gasteiger partial charge in [-0.15, -0.1) is 11.3 Å². The maximum Gasteiger partial charge on any atom is 0.133 e. The van der Waals surface area contributed by atoms with Gasteiger partial charge in [-0.05, 0) is 25.1 Å². The van der Waals surface area contributed by atoms with Crippen LogP contribution < -0.4 is 5.32 Å². The molecule has 0 aliphatic rings. The molecule has 0 bridgehead atoms. The highest BCUT2D eigenvalue weighted by Gasteiger charge is 2.07. The molecule has 5 heteroatoms. The van der Waals surface area contributed by atoms with E-state index in [1.54, 1.807) is 23.5 Å². The van der Waals surface area contributed by atoms with E-state index in [1.807, 2.05) is 31.2 Å². The third kappa shape index (κ3) is 3.37. The Morgan fingerprint density at radius 1 is 1.19 bits per heavy atom. The van der Waals surface area contributed by atoms with Crippen molar-refractivity contribution in [1.29, 1.82) is 0 Å². The molecule has 2 heterocycles. The van der Waals surface area contributed by atoms with Crippen molar-refractivity contribution in [3.8, 4) is 10.4 Å². The van der Waals surface area contributed by atoms with Gasteiger partial charge in [-0.1, -0.05) is 23.4 Å². The summed E-state index contributed by atoms with van der Waals surface area (Å²) < 4.78 is 18.7. The SMILES string of the molecule is Cc1cc(CNCc2ccc(-c3ccccc3F)s2)no1. The summed E-state index contributed by atoms with van der Waals surface area (Å²) in [5.41, 5.74) is 1.54. The Balaban J connectivity index is 1.62. The highest BCUT2D eigenvalue weighted by molar-refractivity contribution is 7.15. The summed E-state index contributed by atoms with van der Waals surface area (Å²) in [5, 5.41) is 7.23. The molecular formula is C16H15FN2OS. The topological polar surface area (TPSA) is 38.1 Å². The first-order chi connectivity index (χ1) is 10.2. The summed E-state index contributed by atoms with van der Waals surface area (Å²) in [7, 11) is 0. The Bertz CT molecular complexity index is 735. The maximum atomic E-state index is 13.7. The highest BCUT2D eigenvalue weighted by Crippen LogP contribution is 2.29. The van der Waals surface area contributed by atoms with Crippen molar-refractivity contribution < 1.29 is 8.91 Å². The number of rotatable bonds is 5. The zero-order valence-corrected chi connectivity index (χ0v) is 12.4. The molecule has 3 rings (SSSR count). The van der Waals surface area contributed by atoms with Crippen molar-refractivity contribution in [1.82, 2.24) is 10.5 Å². The number of hydrogen-bond acceptors (Lipinski definition) is 4. The summed E-state index contributed by atoms with van der Waals surface area (Å²) in [6.45, 7) is 3.26. The van der Waals surface area contributed by atoms with Gasteiger partial charge in [-0.3, -0.25) is 0 Å². The number of halogens is 1. The van der Waals surface area contributed by atoms with Crippen molar-refractivity contribution in [2.75, 3.05) is 0 Å². The molecule has 0 radical (unpaired) electrons. The fourth-order valence-corrected chi connectivity index (χ4v) is 3.10. The number of benzene rings is 1. The lowest BCUT2D eigenvalue weighted by Gasteiger charge is -2.00. The van der Waals surface area contributed by atoms with Crippen LogP contribution in [0.2, 0.25) is 0 Å². The molecule has 0 spiro atoms. The summed E-state index contributed by atoms with van der Waals surface area (Å²) in [4.78, 5) is 2.11. The quantitative estimate of drug-likeness (QED) is 0.769. The first kappa shape index (κ1) is 14.0. The smallest absolute Gasteiger partial charge is 0.133 e. The molecule has 0 aliphatic carbocycles. The second-order valence-electron chi connectivity index (χ2n) is 4.78. The monoisotopic (exact) mass is 302 g/mol. The zero-order valence-electron chi connectivity index (χ0n) is 11.6.